The van der Waals surface area contributed by atoms with Crippen LogP contribution < -0.4 is 5.32 Å². The van der Waals surface area contributed by atoms with E-state index in [0.717, 1.165) is 38.0 Å². The maximum absolute atomic E-state index is 12.5. The molecule has 0 radical (unpaired) electrons. The van der Waals surface area contributed by atoms with E-state index in [2.05, 4.69) is 48.3 Å². The Morgan fingerprint density at radius 1 is 1.11 bits per heavy atom. The number of carbonyl (C=O) groups excluding carboxylic acids is 2. The van der Waals surface area contributed by atoms with E-state index in [1.165, 1.54) is 18.4 Å². The molecule has 0 bridgehead atoms. The number of nitrogens with zero attached hydrogens (tertiary/aromatic N) is 2. The van der Waals surface area contributed by atoms with Gasteiger partial charge in [-0.05, 0) is 37.1 Å². The maximum Gasteiger partial charge on any atom is 0.225 e. The van der Waals surface area contributed by atoms with E-state index in [4.69, 9.17) is 0 Å². The molecule has 148 valence electrons. The summed E-state index contributed by atoms with van der Waals surface area (Å²) in [6.45, 7) is 8.53. The number of benzene rings is 1. The van der Waals surface area contributed by atoms with Gasteiger partial charge in [-0.3, -0.25) is 14.5 Å². The third kappa shape index (κ3) is 5.10. The molecule has 1 saturated carbocycles. The summed E-state index contributed by atoms with van der Waals surface area (Å²) in [6.07, 6.45) is 4.97. The highest BCUT2D eigenvalue weighted by molar-refractivity contribution is 5.89. The molecule has 1 N–H and O–H groups in total. The van der Waals surface area contributed by atoms with E-state index in [-0.39, 0.29) is 17.7 Å². The third-order valence-electron chi connectivity index (χ3n) is 6.09. The Bertz CT molecular complexity index is 633. The van der Waals surface area contributed by atoms with E-state index < -0.39 is 0 Å². The summed E-state index contributed by atoms with van der Waals surface area (Å²) in [5.74, 6) is -0.0288. The minimum Gasteiger partial charge on any atom is -0.352 e. The maximum atomic E-state index is 12.5. The lowest BCUT2D eigenvalue weighted by Crippen LogP contribution is -2.36. The van der Waals surface area contributed by atoms with E-state index >= 15 is 0 Å². The zero-order valence-electron chi connectivity index (χ0n) is 16.7. The van der Waals surface area contributed by atoms with Crippen molar-refractivity contribution >= 4 is 11.8 Å². The summed E-state index contributed by atoms with van der Waals surface area (Å²) >= 11 is 0. The summed E-state index contributed by atoms with van der Waals surface area (Å²) in [7, 11) is 0. The van der Waals surface area contributed by atoms with Gasteiger partial charge in [0.15, 0.2) is 0 Å². The predicted molar refractivity (Wildman–Crippen MR) is 107 cm³/mol. The highest BCUT2D eigenvalue weighted by Gasteiger charge is 2.38. The van der Waals surface area contributed by atoms with Crippen molar-refractivity contribution in [1.82, 2.24) is 15.1 Å². The van der Waals surface area contributed by atoms with Crippen molar-refractivity contribution in [1.29, 1.82) is 0 Å². The summed E-state index contributed by atoms with van der Waals surface area (Å²) in [6, 6.07) is 8.82. The van der Waals surface area contributed by atoms with Crippen LogP contribution in [0.2, 0.25) is 0 Å². The molecule has 5 heteroatoms. The van der Waals surface area contributed by atoms with Crippen LogP contribution in [0.5, 0.6) is 0 Å². The van der Waals surface area contributed by atoms with Crippen molar-refractivity contribution in [2.75, 3.05) is 19.6 Å². The smallest absolute Gasteiger partial charge is 0.225 e. The van der Waals surface area contributed by atoms with Gasteiger partial charge in [-0.25, -0.2) is 0 Å². The fourth-order valence-electron chi connectivity index (χ4n) is 4.28. The summed E-state index contributed by atoms with van der Waals surface area (Å²) in [5.41, 5.74) is 2.39. The van der Waals surface area contributed by atoms with Crippen LogP contribution in [-0.2, 0) is 22.7 Å². The molecule has 1 unspecified atom stereocenters. The van der Waals surface area contributed by atoms with Crippen LogP contribution >= 0.6 is 0 Å². The molecule has 3 rings (SSSR count). The van der Waals surface area contributed by atoms with Crippen LogP contribution in [0.25, 0.3) is 0 Å². The first-order chi connectivity index (χ1) is 13.1. The van der Waals surface area contributed by atoms with Crippen molar-refractivity contribution in [3.8, 4) is 0 Å². The van der Waals surface area contributed by atoms with E-state index in [1.807, 2.05) is 4.90 Å². The fraction of sp³-hybridized carbons (Fsp3) is 0.636. The first kappa shape index (κ1) is 19.9. The van der Waals surface area contributed by atoms with Crippen LogP contribution in [-0.4, -0.2) is 47.3 Å². The Balaban J connectivity index is 1.47. The zero-order chi connectivity index (χ0) is 19.2. The molecule has 1 atom stereocenters. The SMILES string of the molecule is CCN(CC)Cc1ccc(CNC(=O)C2CC(=O)N(C3CCCC3)C2)cc1. The van der Waals surface area contributed by atoms with Crippen molar-refractivity contribution in [2.45, 2.75) is 65.1 Å². The van der Waals surface area contributed by atoms with Crippen LogP contribution in [0, 0.1) is 5.92 Å². The molecule has 1 aromatic rings. The molecule has 1 aliphatic heterocycles. The standard InChI is InChI=1S/C22H33N3O2/c1-3-24(4-2)15-18-11-9-17(10-12-18)14-23-22(27)19-13-21(26)25(16-19)20-7-5-6-8-20/h9-12,19-20H,3-8,13-16H2,1-2H3,(H,23,27). The number of hydrogen-bond acceptors (Lipinski definition) is 3. The molecule has 2 aliphatic rings. The van der Waals surface area contributed by atoms with Crippen LogP contribution in [0.1, 0.15) is 57.1 Å². The lowest BCUT2D eigenvalue weighted by atomic mass is 10.1. The molecule has 5 nitrogen and oxygen atoms in total. The topological polar surface area (TPSA) is 52.7 Å². The Labute approximate surface area is 163 Å². The van der Waals surface area contributed by atoms with Crippen molar-refractivity contribution in [3.63, 3.8) is 0 Å². The second kappa shape index (κ2) is 9.36. The van der Waals surface area contributed by atoms with Gasteiger partial charge < -0.3 is 10.2 Å². The first-order valence-corrected chi connectivity index (χ1v) is 10.5. The average molecular weight is 372 g/mol. The van der Waals surface area contributed by atoms with Crippen LogP contribution in [0.3, 0.4) is 0 Å². The molecule has 0 spiro atoms. The summed E-state index contributed by atoms with van der Waals surface area (Å²) < 4.78 is 0. The van der Waals surface area contributed by atoms with E-state index in [9.17, 15) is 9.59 Å². The van der Waals surface area contributed by atoms with Crippen LogP contribution in [0.4, 0.5) is 0 Å². The number of amides is 2. The molecule has 1 aliphatic carbocycles. The highest BCUT2D eigenvalue weighted by Crippen LogP contribution is 2.29. The third-order valence-corrected chi connectivity index (χ3v) is 6.09. The van der Waals surface area contributed by atoms with E-state index in [0.29, 0.717) is 25.6 Å². The molecule has 2 fully saturated rings. The monoisotopic (exact) mass is 371 g/mol. The van der Waals surface area contributed by atoms with Crippen LogP contribution in [0.15, 0.2) is 24.3 Å². The van der Waals surface area contributed by atoms with Crippen molar-refractivity contribution in [2.24, 2.45) is 5.92 Å². The predicted octanol–water partition coefficient (Wildman–Crippen LogP) is 2.94. The van der Waals surface area contributed by atoms with Gasteiger partial charge in [-0.2, -0.15) is 0 Å². The number of carbonyl (C=O) groups is 2. The minimum atomic E-state index is -0.194. The lowest BCUT2D eigenvalue weighted by Gasteiger charge is -2.23. The van der Waals surface area contributed by atoms with Gasteiger partial charge in [0.2, 0.25) is 11.8 Å². The molecule has 1 saturated heterocycles. The number of rotatable bonds is 8. The summed E-state index contributed by atoms with van der Waals surface area (Å²) in [5, 5.41) is 3.03. The molecule has 2 amide bonds. The number of hydrogen-bond donors (Lipinski definition) is 1. The first-order valence-electron chi connectivity index (χ1n) is 10.5. The Morgan fingerprint density at radius 2 is 1.74 bits per heavy atom. The van der Waals surface area contributed by atoms with Gasteiger partial charge >= 0.3 is 0 Å². The van der Waals surface area contributed by atoms with Gasteiger partial charge in [-0.1, -0.05) is 51.0 Å². The molecule has 27 heavy (non-hydrogen) atoms. The van der Waals surface area contributed by atoms with Gasteiger partial charge in [-0.15, -0.1) is 0 Å². The number of nitrogens with one attached hydrogen (secondary N) is 1. The van der Waals surface area contributed by atoms with Crippen molar-refractivity contribution in [3.05, 3.63) is 35.4 Å². The zero-order valence-corrected chi connectivity index (χ0v) is 16.7. The van der Waals surface area contributed by atoms with Crippen molar-refractivity contribution < 1.29 is 9.59 Å². The summed E-state index contributed by atoms with van der Waals surface area (Å²) in [4.78, 5) is 29.1. The lowest BCUT2D eigenvalue weighted by molar-refractivity contribution is -0.130. The largest absolute Gasteiger partial charge is 0.352 e. The van der Waals surface area contributed by atoms with E-state index in [1.54, 1.807) is 0 Å². The molecule has 1 aromatic carbocycles. The quantitative estimate of drug-likeness (QED) is 0.764. The highest BCUT2D eigenvalue weighted by atomic mass is 16.2. The normalized spacial score (nSPS) is 20.6. The van der Waals surface area contributed by atoms with Gasteiger partial charge in [0.25, 0.3) is 0 Å². The Kier molecular flexibility index (Phi) is 6.89. The minimum absolute atomic E-state index is 0.0102. The molecule has 1 heterocycles. The Hall–Kier alpha value is -1.88. The van der Waals surface area contributed by atoms with Gasteiger partial charge in [0.1, 0.15) is 0 Å². The molecular weight excluding hydrogens is 338 g/mol. The second-order valence-corrected chi connectivity index (χ2v) is 7.88. The van der Waals surface area contributed by atoms with Gasteiger partial charge in [0.05, 0.1) is 5.92 Å². The average Bonchev–Trinajstić information content (AvgIpc) is 3.34. The molecule has 0 aromatic heterocycles. The number of likely N-dealkylation sites (tertiary alicyclic amines) is 1. The Morgan fingerprint density at radius 3 is 2.37 bits per heavy atom. The second-order valence-electron chi connectivity index (χ2n) is 7.88. The molecular formula is C22H33N3O2. The van der Waals surface area contributed by atoms with Gasteiger partial charge in [0, 0.05) is 32.1 Å². The fourth-order valence-corrected chi connectivity index (χ4v) is 4.28.